The Morgan fingerprint density at radius 2 is 1.71 bits per heavy atom. The molecule has 0 saturated carbocycles. The van der Waals surface area contributed by atoms with E-state index in [4.69, 9.17) is 15.2 Å². The summed E-state index contributed by atoms with van der Waals surface area (Å²) < 4.78 is 10.9. The third-order valence-corrected chi connectivity index (χ3v) is 2.28. The minimum Gasteiger partial charge on any atom is -0.380 e. The highest BCUT2D eigenvalue weighted by Gasteiger charge is 1.97. The molecule has 4 heteroatoms. The van der Waals surface area contributed by atoms with Gasteiger partial charge in [0.2, 0.25) is 0 Å². The summed E-state index contributed by atoms with van der Waals surface area (Å²) in [7, 11) is 2.07. The summed E-state index contributed by atoms with van der Waals surface area (Å²) in [6.07, 6.45) is 1.76. The normalized spacial score (nSPS) is 10.4. The van der Waals surface area contributed by atoms with Crippen molar-refractivity contribution < 1.29 is 9.47 Å². The molecule has 0 aromatic rings. The third-order valence-electron chi connectivity index (χ3n) is 2.28. The van der Waals surface area contributed by atoms with Crippen LogP contribution in [0.5, 0.6) is 0 Å². The van der Waals surface area contributed by atoms with Crippen molar-refractivity contribution in [3.8, 4) is 11.8 Å². The Morgan fingerprint density at radius 3 is 2.29 bits per heavy atom. The van der Waals surface area contributed by atoms with Gasteiger partial charge < -0.3 is 20.1 Å². The highest BCUT2D eigenvalue weighted by atomic mass is 16.5. The van der Waals surface area contributed by atoms with Crippen molar-refractivity contribution in [1.82, 2.24) is 4.90 Å². The van der Waals surface area contributed by atoms with E-state index in [0.717, 1.165) is 52.4 Å². The number of likely N-dealkylation sites (N-methyl/N-ethyl adjacent to an activating group) is 1. The van der Waals surface area contributed by atoms with Crippen LogP contribution in [0.1, 0.15) is 19.8 Å². The lowest BCUT2D eigenvalue weighted by atomic mass is 10.4. The van der Waals surface area contributed by atoms with E-state index in [0.29, 0.717) is 6.54 Å². The van der Waals surface area contributed by atoms with Crippen molar-refractivity contribution >= 4 is 0 Å². The van der Waals surface area contributed by atoms with Gasteiger partial charge >= 0.3 is 0 Å². The van der Waals surface area contributed by atoms with E-state index in [2.05, 4.69) is 23.8 Å². The number of ether oxygens (including phenoxy) is 2. The van der Waals surface area contributed by atoms with Crippen LogP contribution < -0.4 is 5.73 Å². The SMILES string of the molecule is CC#CCCOCCN(C)CCOCCCN. The van der Waals surface area contributed by atoms with Crippen LogP contribution in [0.2, 0.25) is 0 Å². The molecule has 0 atom stereocenters. The largest absolute Gasteiger partial charge is 0.380 e. The Hall–Kier alpha value is -0.600. The molecule has 0 aromatic carbocycles. The second-order valence-electron chi connectivity index (χ2n) is 3.85. The van der Waals surface area contributed by atoms with E-state index in [-0.39, 0.29) is 0 Å². The predicted octanol–water partition coefficient (Wildman–Crippen LogP) is 0.714. The Morgan fingerprint density at radius 1 is 1.06 bits per heavy atom. The fourth-order valence-electron chi connectivity index (χ4n) is 1.19. The second kappa shape index (κ2) is 13.5. The van der Waals surface area contributed by atoms with Crippen molar-refractivity contribution in [2.45, 2.75) is 19.8 Å². The van der Waals surface area contributed by atoms with Crippen molar-refractivity contribution in [2.75, 3.05) is 53.1 Å². The highest BCUT2D eigenvalue weighted by molar-refractivity contribution is 4.94. The van der Waals surface area contributed by atoms with Gasteiger partial charge in [0.05, 0.1) is 19.8 Å². The average molecular weight is 242 g/mol. The fourth-order valence-corrected chi connectivity index (χ4v) is 1.19. The molecule has 17 heavy (non-hydrogen) atoms. The van der Waals surface area contributed by atoms with Gasteiger partial charge in [-0.25, -0.2) is 0 Å². The van der Waals surface area contributed by atoms with E-state index in [1.807, 2.05) is 6.92 Å². The smallest absolute Gasteiger partial charge is 0.0593 e. The third kappa shape index (κ3) is 13.3. The van der Waals surface area contributed by atoms with E-state index < -0.39 is 0 Å². The topological polar surface area (TPSA) is 47.7 Å². The van der Waals surface area contributed by atoms with Gasteiger partial charge in [-0.2, -0.15) is 0 Å². The number of hydrogen-bond acceptors (Lipinski definition) is 4. The first-order valence-electron chi connectivity index (χ1n) is 6.25. The summed E-state index contributed by atoms with van der Waals surface area (Å²) in [5.74, 6) is 5.82. The molecule has 0 amide bonds. The van der Waals surface area contributed by atoms with Gasteiger partial charge in [0.15, 0.2) is 0 Å². The lowest BCUT2D eigenvalue weighted by molar-refractivity contribution is 0.0858. The molecular formula is C13H26N2O2. The summed E-state index contributed by atoms with van der Waals surface area (Å²) in [5.41, 5.74) is 5.37. The quantitative estimate of drug-likeness (QED) is 0.428. The number of hydrogen-bond donors (Lipinski definition) is 1. The zero-order valence-corrected chi connectivity index (χ0v) is 11.2. The lowest BCUT2D eigenvalue weighted by Gasteiger charge is -2.16. The maximum Gasteiger partial charge on any atom is 0.0593 e. The van der Waals surface area contributed by atoms with E-state index >= 15 is 0 Å². The number of nitrogens with zero attached hydrogens (tertiary/aromatic N) is 1. The van der Waals surface area contributed by atoms with E-state index in [1.54, 1.807) is 0 Å². The van der Waals surface area contributed by atoms with Crippen molar-refractivity contribution in [1.29, 1.82) is 0 Å². The van der Waals surface area contributed by atoms with Crippen LogP contribution in [0.4, 0.5) is 0 Å². The molecule has 100 valence electrons. The molecule has 4 nitrogen and oxygen atoms in total. The van der Waals surface area contributed by atoms with E-state index in [9.17, 15) is 0 Å². The average Bonchev–Trinajstić information content (AvgIpc) is 2.33. The molecular weight excluding hydrogens is 216 g/mol. The fraction of sp³-hybridized carbons (Fsp3) is 0.846. The van der Waals surface area contributed by atoms with Crippen molar-refractivity contribution in [3.05, 3.63) is 0 Å². The summed E-state index contributed by atoms with van der Waals surface area (Å²) in [4.78, 5) is 2.20. The molecule has 0 heterocycles. The Balaban J connectivity index is 3.16. The molecule has 0 aromatic heterocycles. The van der Waals surface area contributed by atoms with Gasteiger partial charge in [-0.05, 0) is 26.9 Å². The monoisotopic (exact) mass is 242 g/mol. The van der Waals surface area contributed by atoms with Crippen LogP contribution in [0.15, 0.2) is 0 Å². The predicted molar refractivity (Wildman–Crippen MR) is 70.9 cm³/mol. The first-order chi connectivity index (χ1) is 8.31. The number of rotatable bonds is 11. The first-order valence-corrected chi connectivity index (χ1v) is 6.25. The second-order valence-corrected chi connectivity index (χ2v) is 3.85. The van der Waals surface area contributed by atoms with Gasteiger partial charge in [-0.1, -0.05) is 0 Å². The van der Waals surface area contributed by atoms with Gasteiger partial charge in [-0.3, -0.25) is 0 Å². The molecule has 0 aliphatic rings. The van der Waals surface area contributed by atoms with Crippen LogP contribution >= 0.6 is 0 Å². The molecule has 0 radical (unpaired) electrons. The van der Waals surface area contributed by atoms with Gasteiger partial charge in [-0.15, -0.1) is 11.8 Å². The summed E-state index contributed by atoms with van der Waals surface area (Å²) >= 11 is 0. The van der Waals surface area contributed by atoms with Gasteiger partial charge in [0, 0.05) is 26.1 Å². The summed E-state index contributed by atoms with van der Waals surface area (Å²) in [6.45, 7) is 7.41. The Kier molecular flexibility index (Phi) is 13.0. The Bertz CT molecular complexity index is 211. The van der Waals surface area contributed by atoms with Crippen LogP contribution in [0, 0.1) is 11.8 Å². The molecule has 0 bridgehead atoms. The van der Waals surface area contributed by atoms with Crippen molar-refractivity contribution in [2.24, 2.45) is 5.73 Å². The minimum absolute atomic E-state index is 0.699. The molecule has 0 spiro atoms. The first kappa shape index (κ1) is 16.4. The molecule has 2 N–H and O–H groups in total. The molecule has 0 fully saturated rings. The maximum absolute atomic E-state index is 5.45. The van der Waals surface area contributed by atoms with Crippen LogP contribution in [0.3, 0.4) is 0 Å². The van der Waals surface area contributed by atoms with Gasteiger partial charge in [0.25, 0.3) is 0 Å². The molecule has 0 saturated heterocycles. The summed E-state index contributed by atoms with van der Waals surface area (Å²) in [5, 5.41) is 0. The number of nitrogens with two attached hydrogens (primary N) is 1. The van der Waals surface area contributed by atoms with E-state index in [1.165, 1.54) is 0 Å². The van der Waals surface area contributed by atoms with Crippen molar-refractivity contribution in [3.63, 3.8) is 0 Å². The molecule has 0 aliphatic carbocycles. The van der Waals surface area contributed by atoms with Crippen LogP contribution in [-0.2, 0) is 9.47 Å². The molecule has 0 aliphatic heterocycles. The Labute approximate surface area is 105 Å². The van der Waals surface area contributed by atoms with Crippen LogP contribution in [-0.4, -0.2) is 58.0 Å². The lowest BCUT2D eigenvalue weighted by Crippen LogP contribution is -2.27. The zero-order valence-electron chi connectivity index (χ0n) is 11.2. The minimum atomic E-state index is 0.699. The van der Waals surface area contributed by atoms with Crippen LogP contribution in [0.25, 0.3) is 0 Å². The molecule has 0 rings (SSSR count). The van der Waals surface area contributed by atoms with Gasteiger partial charge in [0.1, 0.15) is 0 Å². The zero-order chi connectivity index (χ0) is 12.8. The standard InChI is InChI=1S/C13H26N2O2/c1-3-4-5-10-16-12-8-15(2)9-13-17-11-6-7-14/h5-14H2,1-2H3. The summed E-state index contributed by atoms with van der Waals surface area (Å²) in [6, 6.07) is 0. The highest BCUT2D eigenvalue weighted by Crippen LogP contribution is 1.87. The maximum atomic E-state index is 5.45. The molecule has 0 unspecified atom stereocenters.